The summed E-state index contributed by atoms with van der Waals surface area (Å²) in [7, 11) is 0. The van der Waals surface area contributed by atoms with Crippen molar-refractivity contribution in [3.05, 3.63) is 16.6 Å². The lowest BCUT2D eigenvalue weighted by Crippen LogP contribution is -2.28. The second-order valence-electron chi connectivity index (χ2n) is 6.80. The molecule has 0 N–H and O–H groups in total. The van der Waals surface area contributed by atoms with Crippen molar-refractivity contribution in [3.8, 4) is 0 Å². The van der Waals surface area contributed by atoms with Crippen LogP contribution in [-0.2, 0) is 0 Å². The standard InChI is InChI=1S/C16H24N2OS/c1-10(2)18-7-11(3)13(8-18)6-15(19)14-9-20-17-16(14)12-4-5-12/h9-13H,4-8H2,1-3H3/t11-,13+/m0/s1. The second kappa shape index (κ2) is 5.57. The quantitative estimate of drug-likeness (QED) is 0.778. The predicted octanol–water partition coefficient (Wildman–Crippen LogP) is 3.57. The van der Waals surface area contributed by atoms with Crippen molar-refractivity contribution >= 4 is 17.3 Å². The van der Waals surface area contributed by atoms with E-state index >= 15 is 0 Å². The van der Waals surface area contributed by atoms with Crippen LogP contribution >= 0.6 is 11.5 Å². The Bertz CT molecular complexity index is 492. The maximum Gasteiger partial charge on any atom is 0.165 e. The molecule has 3 rings (SSSR count). The molecule has 1 saturated carbocycles. The minimum Gasteiger partial charge on any atom is -0.300 e. The summed E-state index contributed by atoms with van der Waals surface area (Å²) in [5.41, 5.74) is 2.01. The van der Waals surface area contributed by atoms with E-state index in [1.54, 1.807) is 0 Å². The predicted molar refractivity (Wildman–Crippen MR) is 82.4 cm³/mol. The fraction of sp³-hybridized carbons (Fsp3) is 0.750. The summed E-state index contributed by atoms with van der Waals surface area (Å²) in [5, 5.41) is 1.97. The van der Waals surface area contributed by atoms with Gasteiger partial charge in [0.1, 0.15) is 0 Å². The van der Waals surface area contributed by atoms with Gasteiger partial charge in [0.15, 0.2) is 5.78 Å². The third-order valence-electron chi connectivity index (χ3n) is 4.84. The van der Waals surface area contributed by atoms with Gasteiger partial charge >= 0.3 is 0 Å². The molecule has 4 heteroatoms. The summed E-state index contributed by atoms with van der Waals surface area (Å²) in [6.07, 6.45) is 3.12. The number of likely N-dealkylation sites (tertiary alicyclic amines) is 1. The largest absolute Gasteiger partial charge is 0.300 e. The van der Waals surface area contributed by atoms with Crippen molar-refractivity contribution in [2.75, 3.05) is 13.1 Å². The van der Waals surface area contributed by atoms with E-state index in [-0.39, 0.29) is 0 Å². The number of rotatable bonds is 5. The van der Waals surface area contributed by atoms with Gasteiger partial charge in [0.05, 0.1) is 11.3 Å². The SMILES string of the molecule is CC(C)N1C[C@@H](CC(=O)c2csnc2C2CC2)[C@@H](C)C1. The van der Waals surface area contributed by atoms with Gasteiger partial charge in [-0.1, -0.05) is 6.92 Å². The van der Waals surface area contributed by atoms with Gasteiger partial charge in [-0.2, -0.15) is 4.37 Å². The molecule has 1 aliphatic heterocycles. The molecule has 3 nitrogen and oxygen atoms in total. The van der Waals surface area contributed by atoms with Crippen molar-refractivity contribution in [3.63, 3.8) is 0 Å². The summed E-state index contributed by atoms with van der Waals surface area (Å²) in [6, 6.07) is 0.586. The van der Waals surface area contributed by atoms with Gasteiger partial charge in [-0.3, -0.25) is 4.79 Å². The Hall–Kier alpha value is -0.740. The van der Waals surface area contributed by atoms with Gasteiger partial charge in [0.25, 0.3) is 0 Å². The molecule has 2 atom stereocenters. The van der Waals surface area contributed by atoms with Crippen LogP contribution in [0, 0.1) is 11.8 Å². The summed E-state index contributed by atoms with van der Waals surface area (Å²) >= 11 is 1.45. The first kappa shape index (κ1) is 14.2. The van der Waals surface area contributed by atoms with E-state index in [0.29, 0.717) is 36.0 Å². The van der Waals surface area contributed by atoms with Crippen LogP contribution < -0.4 is 0 Å². The highest BCUT2D eigenvalue weighted by molar-refractivity contribution is 7.04. The van der Waals surface area contributed by atoms with E-state index in [1.165, 1.54) is 24.4 Å². The van der Waals surface area contributed by atoms with Crippen molar-refractivity contribution < 1.29 is 4.79 Å². The lowest BCUT2D eigenvalue weighted by atomic mass is 9.90. The smallest absolute Gasteiger partial charge is 0.165 e. The van der Waals surface area contributed by atoms with E-state index in [1.807, 2.05) is 5.38 Å². The van der Waals surface area contributed by atoms with Crippen LogP contribution in [-0.4, -0.2) is 34.2 Å². The lowest BCUT2D eigenvalue weighted by Gasteiger charge is -2.20. The Kier molecular flexibility index (Phi) is 3.95. The number of hydrogen-bond acceptors (Lipinski definition) is 4. The van der Waals surface area contributed by atoms with Gasteiger partial charge < -0.3 is 4.90 Å². The Labute approximate surface area is 125 Å². The Morgan fingerprint density at radius 1 is 1.45 bits per heavy atom. The van der Waals surface area contributed by atoms with Crippen molar-refractivity contribution in [1.82, 2.24) is 9.27 Å². The van der Waals surface area contributed by atoms with Crippen LogP contribution in [0.3, 0.4) is 0 Å². The fourth-order valence-corrected chi connectivity index (χ4v) is 3.99. The monoisotopic (exact) mass is 292 g/mol. The minimum absolute atomic E-state index is 0.322. The minimum atomic E-state index is 0.322. The Balaban J connectivity index is 1.65. The van der Waals surface area contributed by atoms with E-state index in [4.69, 9.17) is 0 Å². The van der Waals surface area contributed by atoms with Gasteiger partial charge in [0, 0.05) is 36.9 Å². The number of carbonyl (C=O) groups excluding carboxylic acids is 1. The third-order valence-corrected chi connectivity index (χ3v) is 5.48. The van der Waals surface area contributed by atoms with Crippen LogP contribution in [0.15, 0.2) is 5.38 Å². The van der Waals surface area contributed by atoms with Crippen LogP contribution in [0.2, 0.25) is 0 Å². The summed E-state index contributed by atoms with van der Waals surface area (Å²) < 4.78 is 4.45. The van der Waals surface area contributed by atoms with E-state index in [2.05, 4.69) is 30.0 Å². The molecule has 2 aliphatic rings. The molecule has 2 heterocycles. The van der Waals surface area contributed by atoms with Gasteiger partial charge in [-0.15, -0.1) is 0 Å². The highest BCUT2D eigenvalue weighted by Crippen LogP contribution is 2.42. The second-order valence-corrected chi connectivity index (χ2v) is 7.43. The molecule has 0 amide bonds. The first-order valence-electron chi connectivity index (χ1n) is 7.77. The molecule has 0 unspecified atom stereocenters. The first-order chi connectivity index (χ1) is 9.56. The number of aromatic nitrogens is 1. The molecular formula is C16H24N2OS. The fourth-order valence-electron chi connectivity index (χ4n) is 3.22. The van der Waals surface area contributed by atoms with Gasteiger partial charge in [0.2, 0.25) is 0 Å². The average molecular weight is 292 g/mol. The average Bonchev–Trinajstić information content (AvgIpc) is 3.01. The zero-order valence-electron chi connectivity index (χ0n) is 12.6. The molecule has 0 aromatic carbocycles. The molecule has 0 bridgehead atoms. The molecule has 0 radical (unpaired) electrons. The molecule has 1 aromatic rings. The molecule has 2 fully saturated rings. The first-order valence-corrected chi connectivity index (χ1v) is 8.61. The molecule has 1 saturated heterocycles. The van der Waals surface area contributed by atoms with Crippen LogP contribution in [0.4, 0.5) is 0 Å². The third kappa shape index (κ3) is 2.82. The summed E-state index contributed by atoms with van der Waals surface area (Å²) in [5.74, 6) is 2.03. The van der Waals surface area contributed by atoms with Crippen LogP contribution in [0.5, 0.6) is 0 Å². The Morgan fingerprint density at radius 2 is 2.20 bits per heavy atom. The lowest BCUT2D eigenvalue weighted by molar-refractivity contribution is 0.0953. The van der Waals surface area contributed by atoms with E-state index in [9.17, 15) is 4.79 Å². The summed E-state index contributed by atoms with van der Waals surface area (Å²) in [4.78, 5) is 15.1. The molecule has 110 valence electrons. The molecule has 0 spiro atoms. The number of carbonyl (C=O) groups is 1. The zero-order chi connectivity index (χ0) is 14.3. The zero-order valence-corrected chi connectivity index (χ0v) is 13.4. The highest BCUT2D eigenvalue weighted by Gasteiger charge is 2.35. The van der Waals surface area contributed by atoms with Crippen molar-refractivity contribution in [1.29, 1.82) is 0 Å². The van der Waals surface area contributed by atoms with Crippen molar-refractivity contribution in [2.45, 2.75) is 52.0 Å². The normalized spacial score (nSPS) is 27.4. The molecule has 1 aliphatic carbocycles. The number of nitrogens with zero attached hydrogens (tertiary/aromatic N) is 2. The van der Waals surface area contributed by atoms with Gasteiger partial charge in [-0.05, 0) is 50.1 Å². The number of Topliss-reactive ketones (excluding diaryl/α,β-unsaturated/α-hetero) is 1. The molecular weight excluding hydrogens is 268 g/mol. The Morgan fingerprint density at radius 3 is 2.80 bits per heavy atom. The molecule has 20 heavy (non-hydrogen) atoms. The highest BCUT2D eigenvalue weighted by atomic mass is 32.1. The van der Waals surface area contributed by atoms with Gasteiger partial charge in [-0.25, -0.2) is 0 Å². The topological polar surface area (TPSA) is 33.2 Å². The van der Waals surface area contributed by atoms with E-state index < -0.39 is 0 Å². The summed E-state index contributed by atoms with van der Waals surface area (Å²) in [6.45, 7) is 8.97. The number of ketones is 1. The van der Waals surface area contributed by atoms with Crippen LogP contribution in [0.1, 0.15) is 62.0 Å². The van der Waals surface area contributed by atoms with E-state index in [0.717, 1.165) is 24.3 Å². The maximum absolute atomic E-state index is 12.6. The number of hydrogen-bond donors (Lipinski definition) is 0. The molecule has 1 aromatic heterocycles. The maximum atomic E-state index is 12.6. The van der Waals surface area contributed by atoms with Crippen molar-refractivity contribution in [2.24, 2.45) is 11.8 Å². The van der Waals surface area contributed by atoms with Crippen LogP contribution in [0.25, 0.3) is 0 Å².